The molecule has 0 aromatic carbocycles. The van der Waals surface area contributed by atoms with E-state index in [1.165, 1.54) is 37.0 Å². The first-order valence-electron chi connectivity index (χ1n) is 9.93. The van der Waals surface area contributed by atoms with Crippen molar-refractivity contribution < 1.29 is 4.79 Å². The smallest absolute Gasteiger partial charge is 0.262 e. The molecule has 138 valence electrons. The predicted molar refractivity (Wildman–Crippen MR) is 103 cm³/mol. The van der Waals surface area contributed by atoms with Crippen molar-refractivity contribution in [3.8, 4) is 0 Å². The number of amides is 1. The van der Waals surface area contributed by atoms with Gasteiger partial charge in [-0.05, 0) is 62.3 Å². The highest BCUT2D eigenvalue weighted by Crippen LogP contribution is 2.49. The largest absolute Gasteiger partial charge is 0.351 e. The highest BCUT2D eigenvalue weighted by Gasteiger charge is 2.38. The van der Waals surface area contributed by atoms with Crippen molar-refractivity contribution in [3.63, 3.8) is 0 Å². The second-order valence-electron chi connectivity index (χ2n) is 8.30. The number of carbonyl (C=O) groups is 1. The van der Waals surface area contributed by atoms with Gasteiger partial charge in [0.1, 0.15) is 10.7 Å². The van der Waals surface area contributed by atoms with E-state index in [9.17, 15) is 9.59 Å². The fourth-order valence-corrected chi connectivity index (χ4v) is 6.58. The van der Waals surface area contributed by atoms with Gasteiger partial charge in [-0.25, -0.2) is 4.98 Å². The average molecular weight is 372 g/mol. The molecule has 2 bridgehead atoms. The molecule has 5 rings (SSSR count). The molecule has 1 N–H and O–H groups in total. The molecule has 6 heteroatoms. The molecule has 2 aliphatic carbocycles. The maximum atomic E-state index is 12.7. The Morgan fingerprint density at radius 3 is 3.00 bits per heavy atom. The number of hydrogen-bond acceptors (Lipinski definition) is 4. The van der Waals surface area contributed by atoms with Crippen LogP contribution in [0.5, 0.6) is 0 Å². The third kappa shape index (κ3) is 2.53. The maximum absolute atomic E-state index is 12.7. The first-order chi connectivity index (χ1) is 12.6. The summed E-state index contributed by atoms with van der Waals surface area (Å²) in [6.07, 6.45) is 8.50. The van der Waals surface area contributed by atoms with Crippen molar-refractivity contribution in [3.05, 3.63) is 26.6 Å². The summed E-state index contributed by atoms with van der Waals surface area (Å²) in [4.78, 5) is 31.5. The summed E-state index contributed by atoms with van der Waals surface area (Å²) in [7, 11) is 0. The van der Waals surface area contributed by atoms with Gasteiger partial charge in [-0.3, -0.25) is 14.2 Å². The molecule has 1 amide bonds. The molecule has 0 spiro atoms. The molecule has 5 nitrogen and oxygen atoms in total. The number of rotatable bonds is 4. The van der Waals surface area contributed by atoms with Gasteiger partial charge in [0.05, 0.1) is 10.3 Å². The van der Waals surface area contributed by atoms with Crippen LogP contribution in [0.4, 0.5) is 0 Å². The van der Waals surface area contributed by atoms with E-state index in [4.69, 9.17) is 0 Å². The minimum Gasteiger partial charge on any atom is -0.351 e. The monoisotopic (exact) mass is 371 g/mol. The Labute approximate surface area is 156 Å². The molecule has 3 heterocycles. The molecule has 3 aliphatic rings. The lowest BCUT2D eigenvalue weighted by molar-refractivity contribution is 0.0953. The van der Waals surface area contributed by atoms with E-state index in [-0.39, 0.29) is 11.5 Å². The molecule has 26 heavy (non-hydrogen) atoms. The lowest BCUT2D eigenvalue weighted by atomic mass is 9.86. The van der Waals surface area contributed by atoms with Gasteiger partial charge in [0.25, 0.3) is 11.5 Å². The van der Waals surface area contributed by atoms with Gasteiger partial charge < -0.3 is 5.32 Å². The number of fused-ring (bicyclic) bond motifs is 4. The van der Waals surface area contributed by atoms with E-state index in [0.29, 0.717) is 10.3 Å². The minimum absolute atomic E-state index is 0.0253. The Balaban J connectivity index is 1.32. The number of aromatic nitrogens is 2. The van der Waals surface area contributed by atoms with Crippen molar-refractivity contribution >= 4 is 27.5 Å². The summed E-state index contributed by atoms with van der Waals surface area (Å²) in [6.45, 7) is 3.37. The average Bonchev–Trinajstić information content (AvgIpc) is 3.38. The van der Waals surface area contributed by atoms with Crippen LogP contribution >= 0.6 is 11.3 Å². The van der Waals surface area contributed by atoms with E-state index < -0.39 is 0 Å². The standard InChI is InChI=1S/C20H25N3O2S/c1-11-16-19(22-15-3-2-8-23(15)20(16)25)26-17(11)18(24)21-7-6-14-10-12-4-5-13(14)9-12/h12-14H,2-10H2,1H3,(H,21,24). The summed E-state index contributed by atoms with van der Waals surface area (Å²) >= 11 is 1.37. The van der Waals surface area contributed by atoms with E-state index in [1.54, 1.807) is 4.57 Å². The summed E-state index contributed by atoms with van der Waals surface area (Å²) in [5.41, 5.74) is 0.819. The van der Waals surface area contributed by atoms with Crippen molar-refractivity contribution in [1.82, 2.24) is 14.9 Å². The molecular weight excluding hydrogens is 346 g/mol. The summed E-state index contributed by atoms with van der Waals surface area (Å²) in [5, 5.41) is 3.74. The molecule has 2 saturated carbocycles. The third-order valence-electron chi connectivity index (χ3n) is 6.80. The Kier molecular flexibility index (Phi) is 3.92. The van der Waals surface area contributed by atoms with Crippen molar-refractivity contribution in [2.75, 3.05) is 6.54 Å². The van der Waals surface area contributed by atoms with Crippen molar-refractivity contribution in [1.29, 1.82) is 0 Å². The topological polar surface area (TPSA) is 64.0 Å². The number of carbonyl (C=O) groups excluding carboxylic acids is 1. The van der Waals surface area contributed by atoms with Crippen LogP contribution in [0.3, 0.4) is 0 Å². The molecule has 2 aromatic heterocycles. The van der Waals surface area contributed by atoms with Gasteiger partial charge in [0.2, 0.25) is 0 Å². The zero-order valence-electron chi connectivity index (χ0n) is 15.2. The van der Waals surface area contributed by atoms with Crippen LogP contribution in [0.25, 0.3) is 10.2 Å². The molecule has 1 aliphatic heterocycles. The van der Waals surface area contributed by atoms with Gasteiger partial charge in [-0.15, -0.1) is 11.3 Å². The normalized spacial score (nSPS) is 26.6. The van der Waals surface area contributed by atoms with Crippen LogP contribution in [-0.2, 0) is 13.0 Å². The second kappa shape index (κ2) is 6.19. The van der Waals surface area contributed by atoms with Gasteiger partial charge >= 0.3 is 0 Å². The number of nitrogens with zero attached hydrogens (tertiary/aromatic N) is 2. The van der Waals surface area contributed by atoms with Crippen LogP contribution in [0, 0.1) is 24.7 Å². The van der Waals surface area contributed by atoms with E-state index in [0.717, 1.165) is 66.3 Å². The lowest BCUT2D eigenvalue weighted by Crippen LogP contribution is -2.27. The Bertz CT molecular complexity index is 945. The van der Waals surface area contributed by atoms with E-state index in [1.807, 2.05) is 6.92 Å². The van der Waals surface area contributed by atoms with Crippen LogP contribution in [-0.4, -0.2) is 22.0 Å². The van der Waals surface area contributed by atoms with Crippen LogP contribution < -0.4 is 10.9 Å². The Hall–Kier alpha value is -1.69. The van der Waals surface area contributed by atoms with Crippen molar-refractivity contribution in [2.45, 2.75) is 58.4 Å². The lowest BCUT2D eigenvalue weighted by Gasteiger charge is -2.21. The third-order valence-corrected chi connectivity index (χ3v) is 7.99. The molecule has 3 unspecified atom stereocenters. The van der Waals surface area contributed by atoms with Gasteiger partial charge in [0, 0.05) is 19.5 Å². The summed E-state index contributed by atoms with van der Waals surface area (Å²) in [6, 6.07) is 0. The SMILES string of the molecule is Cc1c(C(=O)NCCC2CC3CCC2C3)sc2nc3n(c(=O)c12)CCC3. The minimum atomic E-state index is -0.0433. The first-order valence-corrected chi connectivity index (χ1v) is 10.7. The fraction of sp³-hybridized carbons (Fsp3) is 0.650. The number of aryl methyl sites for hydroxylation is 2. The van der Waals surface area contributed by atoms with Crippen LogP contribution in [0.2, 0.25) is 0 Å². The van der Waals surface area contributed by atoms with Crippen LogP contribution in [0.15, 0.2) is 4.79 Å². The second-order valence-corrected chi connectivity index (χ2v) is 9.30. The molecular formula is C20H25N3O2S. The van der Waals surface area contributed by atoms with E-state index >= 15 is 0 Å². The predicted octanol–water partition coefficient (Wildman–Crippen LogP) is 3.27. The fourth-order valence-electron chi connectivity index (χ4n) is 5.47. The van der Waals surface area contributed by atoms with E-state index in [2.05, 4.69) is 10.3 Å². The van der Waals surface area contributed by atoms with Gasteiger partial charge in [-0.1, -0.05) is 6.42 Å². The Morgan fingerprint density at radius 1 is 1.35 bits per heavy atom. The quantitative estimate of drug-likeness (QED) is 0.897. The van der Waals surface area contributed by atoms with Crippen molar-refractivity contribution in [2.24, 2.45) is 17.8 Å². The number of hydrogen-bond donors (Lipinski definition) is 1. The van der Waals surface area contributed by atoms with Gasteiger partial charge in [-0.2, -0.15) is 0 Å². The number of nitrogens with one attached hydrogen (secondary N) is 1. The molecule has 0 radical (unpaired) electrons. The first kappa shape index (κ1) is 16.5. The molecule has 0 saturated heterocycles. The molecule has 2 fully saturated rings. The zero-order valence-corrected chi connectivity index (χ0v) is 16.0. The highest BCUT2D eigenvalue weighted by atomic mass is 32.1. The van der Waals surface area contributed by atoms with Gasteiger partial charge in [0.15, 0.2) is 0 Å². The summed E-state index contributed by atoms with van der Waals surface area (Å²) in [5.74, 6) is 3.47. The summed E-state index contributed by atoms with van der Waals surface area (Å²) < 4.78 is 1.78. The zero-order chi connectivity index (χ0) is 17.8. The molecule has 3 atom stereocenters. The van der Waals surface area contributed by atoms with Crippen LogP contribution in [0.1, 0.15) is 59.6 Å². The Morgan fingerprint density at radius 2 is 2.23 bits per heavy atom. The maximum Gasteiger partial charge on any atom is 0.262 e. The highest BCUT2D eigenvalue weighted by molar-refractivity contribution is 7.20. The number of thiophene rings is 1. The molecule has 2 aromatic rings.